The van der Waals surface area contributed by atoms with Gasteiger partial charge in [-0.1, -0.05) is 26.0 Å². The highest BCUT2D eigenvalue weighted by atomic mass is 127. The third kappa shape index (κ3) is 8.17. The first-order valence-corrected chi connectivity index (χ1v) is 9.43. The molecule has 6 nitrogen and oxygen atoms in total. The Balaban J connectivity index is 0.00000420. The number of carbonyl (C=O) groups excluding carboxylic acids is 1. The molecule has 0 bridgehead atoms. The van der Waals surface area contributed by atoms with Crippen LogP contribution in [0.2, 0.25) is 0 Å². The summed E-state index contributed by atoms with van der Waals surface area (Å²) in [5.41, 5.74) is 0.787. The van der Waals surface area contributed by atoms with E-state index in [2.05, 4.69) is 25.9 Å². The maximum Gasteiger partial charge on any atom is 0.434 e. The van der Waals surface area contributed by atoms with Gasteiger partial charge in [0, 0.05) is 30.6 Å². The summed E-state index contributed by atoms with van der Waals surface area (Å²) in [7, 11) is 1.57. The summed E-state index contributed by atoms with van der Waals surface area (Å²) in [6.07, 6.45) is -4.44. The number of thiazole rings is 1. The number of hydrogen-bond donors (Lipinski definition) is 3. The lowest BCUT2D eigenvalue weighted by atomic mass is 10.1. The molecule has 0 aliphatic heterocycles. The van der Waals surface area contributed by atoms with Gasteiger partial charge in [0.05, 0.1) is 6.54 Å². The second-order valence-electron chi connectivity index (χ2n) is 6.24. The maximum absolute atomic E-state index is 12.6. The molecule has 1 amide bonds. The van der Waals surface area contributed by atoms with Crippen LogP contribution in [0.3, 0.4) is 0 Å². The lowest BCUT2D eigenvalue weighted by Crippen LogP contribution is -2.36. The number of alkyl halides is 3. The molecule has 0 saturated carbocycles. The van der Waals surface area contributed by atoms with Crippen LogP contribution in [0.1, 0.15) is 30.1 Å². The molecule has 0 atom stereocenters. The zero-order chi connectivity index (χ0) is 20.7. The first-order chi connectivity index (χ1) is 13.2. The van der Waals surface area contributed by atoms with Gasteiger partial charge >= 0.3 is 6.18 Å². The van der Waals surface area contributed by atoms with Gasteiger partial charge in [-0.3, -0.25) is 9.79 Å². The van der Waals surface area contributed by atoms with E-state index in [9.17, 15) is 18.0 Å². The normalized spacial score (nSPS) is 11.8. The topological polar surface area (TPSA) is 78.4 Å². The Labute approximate surface area is 188 Å². The van der Waals surface area contributed by atoms with Gasteiger partial charge in [-0.15, -0.1) is 35.3 Å². The fraction of sp³-hybridized carbons (Fsp3) is 0.389. The van der Waals surface area contributed by atoms with E-state index in [1.165, 1.54) is 0 Å². The molecule has 0 radical (unpaired) electrons. The molecule has 0 unspecified atom stereocenters. The second-order valence-corrected chi connectivity index (χ2v) is 7.19. The third-order valence-corrected chi connectivity index (χ3v) is 4.53. The van der Waals surface area contributed by atoms with Crippen LogP contribution in [0.15, 0.2) is 34.6 Å². The number of halogens is 4. The number of nitrogens with one attached hydrogen (secondary N) is 3. The Morgan fingerprint density at radius 1 is 1.17 bits per heavy atom. The molecule has 1 aromatic carbocycles. The van der Waals surface area contributed by atoms with Gasteiger partial charge in [-0.2, -0.15) is 13.2 Å². The van der Waals surface area contributed by atoms with E-state index in [1.54, 1.807) is 7.05 Å². The molecule has 29 heavy (non-hydrogen) atoms. The van der Waals surface area contributed by atoms with Crippen LogP contribution in [0.5, 0.6) is 0 Å². The lowest BCUT2D eigenvalue weighted by Gasteiger charge is -2.12. The first-order valence-electron chi connectivity index (χ1n) is 8.55. The van der Waals surface area contributed by atoms with Crippen molar-refractivity contribution >= 4 is 52.9 Å². The minimum Gasteiger partial charge on any atom is -0.352 e. The van der Waals surface area contributed by atoms with Gasteiger partial charge in [0.15, 0.2) is 11.7 Å². The van der Waals surface area contributed by atoms with Crippen molar-refractivity contribution in [1.82, 2.24) is 15.6 Å². The van der Waals surface area contributed by atoms with Crippen LogP contribution in [0, 0.1) is 5.92 Å². The van der Waals surface area contributed by atoms with E-state index in [-0.39, 0.29) is 42.3 Å². The molecule has 0 spiro atoms. The summed E-state index contributed by atoms with van der Waals surface area (Å²) in [5.74, 6) is 0.299. The van der Waals surface area contributed by atoms with Crippen LogP contribution >= 0.6 is 35.3 Å². The molecular formula is C18H23F3IN5OS. The molecule has 2 rings (SSSR count). The van der Waals surface area contributed by atoms with Gasteiger partial charge in [-0.25, -0.2) is 4.98 Å². The predicted molar refractivity (Wildman–Crippen MR) is 119 cm³/mol. The molecule has 0 saturated heterocycles. The molecule has 0 aliphatic rings. The Morgan fingerprint density at radius 3 is 2.31 bits per heavy atom. The van der Waals surface area contributed by atoms with Crippen LogP contribution < -0.4 is 16.0 Å². The highest BCUT2D eigenvalue weighted by Gasteiger charge is 2.33. The monoisotopic (exact) mass is 541 g/mol. The van der Waals surface area contributed by atoms with Gasteiger partial charge < -0.3 is 16.0 Å². The van der Waals surface area contributed by atoms with Crippen molar-refractivity contribution in [2.75, 3.05) is 12.4 Å². The van der Waals surface area contributed by atoms with Crippen LogP contribution in [-0.4, -0.2) is 23.9 Å². The summed E-state index contributed by atoms with van der Waals surface area (Å²) in [4.78, 5) is 19.3. The van der Waals surface area contributed by atoms with Crippen molar-refractivity contribution in [3.05, 3.63) is 45.9 Å². The van der Waals surface area contributed by atoms with Gasteiger partial charge in [-0.05, 0) is 17.7 Å². The number of aromatic nitrogens is 1. The number of aliphatic imine (C=N–C) groups is 1. The molecule has 2 aromatic rings. The number of carbonyl (C=O) groups is 1. The van der Waals surface area contributed by atoms with Gasteiger partial charge in [0.2, 0.25) is 5.91 Å². The molecular weight excluding hydrogens is 518 g/mol. The zero-order valence-corrected chi connectivity index (χ0v) is 19.3. The van der Waals surface area contributed by atoms with Gasteiger partial charge in [0.25, 0.3) is 0 Å². The SMILES string of the molecule is CN=C(NCc1ccc(NC(=O)C(C)C)cc1)NCc1nc(C(F)(F)F)cs1.I. The maximum atomic E-state index is 12.6. The van der Waals surface area contributed by atoms with Gasteiger partial charge in [0.1, 0.15) is 5.01 Å². The molecule has 3 N–H and O–H groups in total. The second kappa shape index (κ2) is 11.3. The number of benzene rings is 1. The van der Waals surface area contributed by atoms with Crippen LogP contribution in [-0.2, 0) is 24.1 Å². The Morgan fingerprint density at radius 2 is 1.79 bits per heavy atom. The predicted octanol–water partition coefficient (Wildman–Crippen LogP) is 4.24. The number of rotatable bonds is 6. The lowest BCUT2D eigenvalue weighted by molar-refractivity contribution is -0.140. The van der Waals surface area contributed by atoms with E-state index in [4.69, 9.17) is 0 Å². The summed E-state index contributed by atoms with van der Waals surface area (Å²) in [6, 6.07) is 7.35. The fourth-order valence-corrected chi connectivity index (χ4v) is 2.82. The number of anilines is 1. The Kier molecular flexibility index (Phi) is 9.83. The van der Waals surface area contributed by atoms with E-state index in [0.717, 1.165) is 22.3 Å². The highest BCUT2D eigenvalue weighted by molar-refractivity contribution is 14.0. The van der Waals surface area contributed by atoms with E-state index < -0.39 is 11.9 Å². The molecule has 1 aromatic heterocycles. The van der Waals surface area contributed by atoms with E-state index in [1.807, 2.05) is 38.1 Å². The smallest absolute Gasteiger partial charge is 0.352 e. The largest absolute Gasteiger partial charge is 0.434 e. The highest BCUT2D eigenvalue weighted by Crippen LogP contribution is 2.29. The van der Waals surface area contributed by atoms with Crippen LogP contribution in [0.4, 0.5) is 18.9 Å². The first kappa shape index (κ1) is 25.1. The van der Waals surface area contributed by atoms with E-state index >= 15 is 0 Å². The standard InChI is InChI=1S/C18H22F3N5OS.HI/c1-11(2)16(27)25-13-6-4-12(5-7-13)8-23-17(22-3)24-9-15-26-14(10-28-15)18(19,20)21;/h4-7,10-11H,8-9H2,1-3H3,(H,25,27)(H2,22,23,24);1H. The summed E-state index contributed by atoms with van der Waals surface area (Å²) in [5, 5.41) is 10.1. The van der Waals surface area contributed by atoms with Crippen molar-refractivity contribution in [3.8, 4) is 0 Å². The molecule has 0 aliphatic carbocycles. The third-order valence-electron chi connectivity index (χ3n) is 3.68. The number of hydrogen-bond acceptors (Lipinski definition) is 4. The molecule has 1 heterocycles. The molecule has 0 fully saturated rings. The molecule has 160 valence electrons. The van der Waals surface area contributed by atoms with Crippen molar-refractivity contribution in [1.29, 1.82) is 0 Å². The average Bonchev–Trinajstić information content (AvgIpc) is 3.12. The minimum atomic E-state index is -4.44. The van der Waals surface area contributed by atoms with E-state index in [0.29, 0.717) is 23.2 Å². The van der Waals surface area contributed by atoms with Crippen molar-refractivity contribution in [2.45, 2.75) is 33.1 Å². The zero-order valence-electron chi connectivity index (χ0n) is 16.1. The van der Waals surface area contributed by atoms with Crippen molar-refractivity contribution in [2.24, 2.45) is 10.9 Å². The Hall–Kier alpha value is -1.89. The number of amides is 1. The van der Waals surface area contributed by atoms with Crippen LogP contribution in [0.25, 0.3) is 0 Å². The molecule has 11 heteroatoms. The number of nitrogens with zero attached hydrogens (tertiary/aromatic N) is 2. The van der Waals surface area contributed by atoms with Crippen molar-refractivity contribution in [3.63, 3.8) is 0 Å². The summed E-state index contributed by atoms with van der Waals surface area (Å²) in [6.45, 7) is 4.24. The fourth-order valence-electron chi connectivity index (χ4n) is 2.08. The summed E-state index contributed by atoms with van der Waals surface area (Å²) >= 11 is 0.941. The number of guanidine groups is 1. The minimum absolute atomic E-state index is 0. The van der Waals surface area contributed by atoms with Crippen molar-refractivity contribution < 1.29 is 18.0 Å². The summed E-state index contributed by atoms with van der Waals surface area (Å²) < 4.78 is 37.7. The average molecular weight is 541 g/mol. The quantitative estimate of drug-likeness (QED) is 0.291. The Bertz CT molecular complexity index is 822.